The molecule has 0 bridgehead atoms. The lowest BCUT2D eigenvalue weighted by atomic mass is 9.97. The Bertz CT molecular complexity index is 1420. The molecule has 2 aromatic heterocycles. The average Bonchev–Trinajstić information content (AvgIpc) is 3.30. The quantitative estimate of drug-likeness (QED) is 0.312. The van der Waals surface area contributed by atoms with E-state index < -0.39 is 5.91 Å². The van der Waals surface area contributed by atoms with E-state index >= 15 is 0 Å². The van der Waals surface area contributed by atoms with Crippen LogP contribution in [0.2, 0.25) is 0 Å². The zero-order valence-electron chi connectivity index (χ0n) is 18.5. The molecular formula is C25H25N7O. The number of para-hydroxylation sites is 1. The summed E-state index contributed by atoms with van der Waals surface area (Å²) in [5.41, 5.74) is 23.9. The van der Waals surface area contributed by atoms with Crippen molar-refractivity contribution in [3.8, 4) is 16.8 Å². The van der Waals surface area contributed by atoms with Crippen LogP contribution >= 0.6 is 0 Å². The Morgan fingerprint density at radius 1 is 1.21 bits per heavy atom. The third-order valence-electron chi connectivity index (χ3n) is 5.47. The van der Waals surface area contributed by atoms with Gasteiger partial charge in [0, 0.05) is 48.0 Å². The second-order valence-electron chi connectivity index (χ2n) is 7.53. The van der Waals surface area contributed by atoms with Gasteiger partial charge >= 0.3 is 0 Å². The van der Waals surface area contributed by atoms with Gasteiger partial charge in [0.25, 0.3) is 5.91 Å². The molecule has 0 aliphatic carbocycles. The Morgan fingerprint density at radius 2 is 2.03 bits per heavy atom. The van der Waals surface area contributed by atoms with Crippen LogP contribution in [0.1, 0.15) is 28.7 Å². The van der Waals surface area contributed by atoms with Crippen molar-refractivity contribution in [1.29, 1.82) is 0 Å². The van der Waals surface area contributed by atoms with Crippen LogP contribution in [-0.4, -0.2) is 33.7 Å². The lowest BCUT2D eigenvalue weighted by molar-refractivity contribution is 0.100. The van der Waals surface area contributed by atoms with E-state index in [9.17, 15) is 4.79 Å². The van der Waals surface area contributed by atoms with Crippen LogP contribution in [0.25, 0.3) is 33.3 Å². The number of allylic oxidation sites excluding steroid dienone is 1. The summed E-state index contributed by atoms with van der Waals surface area (Å²) >= 11 is 0. The molecule has 2 aromatic carbocycles. The molecule has 166 valence electrons. The number of amides is 1. The number of nitrogen functional groups attached to an aromatic ring is 1. The number of pyridine rings is 1. The van der Waals surface area contributed by atoms with E-state index in [0.717, 1.165) is 45.4 Å². The highest BCUT2D eigenvalue weighted by Gasteiger charge is 2.15. The fraction of sp³-hybridized carbons (Fsp3) is 0.120. The zero-order chi connectivity index (χ0) is 23.5. The molecule has 0 aliphatic rings. The molecule has 0 radical (unpaired) electrons. The largest absolute Gasteiger partial charge is 0.404 e. The van der Waals surface area contributed by atoms with Gasteiger partial charge in [0.2, 0.25) is 0 Å². The van der Waals surface area contributed by atoms with Crippen molar-refractivity contribution in [2.75, 3.05) is 12.8 Å². The van der Waals surface area contributed by atoms with Crippen molar-refractivity contribution in [3.63, 3.8) is 0 Å². The fourth-order valence-corrected chi connectivity index (χ4v) is 3.81. The monoisotopic (exact) mass is 439 g/mol. The van der Waals surface area contributed by atoms with Crippen LogP contribution in [0.4, 0.5) is 5.69 Å². The molecule has 0 unspecified atom stereocenters. The first-order valence-corrected chi connectivity index (χ1v) is 10.5. The number of benzene rings is 2. The molecule has 8 nitrogen and oxygen atoms in total. The zero-order valence-corrected chi connectivity index (χ0v) is 18.5. The highest BCUT2D eigenvalue weighted by molar-refractivity contribution is 6.08. The molecule has 0 atom stereocenters. The molecule has 8 heteroatoms. The third kappa shape index (κ3) is 4.06. The molecule has 0 aliphatic heterocycles. The topological polar surface area (TPSA) is 138 Å². The first-order chi connectivity index (χ1) is 16.0. The van der Waals surface area contributed by atoms with E-state index in [-0.39, 0.29) is 0 Å². The average molecular weight is 440 g/mol. The molecule has 0 saturated heterocycles. The SMILES string of the molecule is CCc1cc(-c2ccc(C(N)=O)c(N)c2)c2cccc(-n3cnc(C(C=NC)=CN)c3)c2n1. The molecule has 1 amide bonds. The Labute approximate surface area is 191 Å². The van der Waals surface area contributed by atoms with E-state index in [1.165, 1.54) is 6.20 Å². The Kier molecular flexibility index (Phi) is 5.91. The molecule has 4 rings (SSSR count). The van der Waals surface area contributed by atoms with Crippen LogP contribution in [0.15, 0.2) is 66.2 Å². The number of hydrogen-bond donors (Lipinski definition) is 3. The summed E-state index contributed by atoms with van der Waals surface area (Å²) in [5, 5.41) is 0.955. The molecule has 33 heavy (non-hydrogen) atoms. The Balaban J connectivity index is 1.92. The van der Waals surface area contributed by atoms with Gasteiger partial charge < -0.3 is 21.8 Å². The van der Waals surface area contributed by atoms with E-state index in [2.05, 4.69) is 23.0 Å². The number of anilines is 1. The van der Waals surface area contributed by atoms with Crippen molar-refractivity contribution in [3.05, 3.63) is 78.1 Å². The van der Waals surface area contributed by atoms with Gasteiger partial charge in [-0.2, -0.15) is 0 Å². The van der Waals surface area contributed by atoms with Gasteiger partial charge in [0.05, 0.1) is 28.8 Å². The van der Waals surface area contributed by atoms with Crippen LogP contribution in [-0.2, 0) is 6.42 Å². The van der Waals surface area contributed by atoms with E-state index in [0.29, 0.717) is 16.9 Å². The van der Waals surface area contributed by atoms with Gasteiger partial charge in [-0.15, -0.1) is 0 Å². The Morgan fingerprint density at radius 3 is 2.70 bits per heavy atom. The second-order valence-corrected chi connectivity index (χ2v) is 7.53. The van der Waals surface area contributed by atoms with Gasteiger partial charge in [0.1, 0.15) is 0 Å². The number of aliphatic imine (C=N–C) groups is 1. The molecular weight excluding hydrogens is 414 g/mol. The number of carbonyl (C=O) groups excluding carboxylic acids is 1. The number of aryl methyl sites for hydroxylation is 1. The summed E-state index contributed by atoms with van der Waals surface area (Å²) in [6, 6.07) is 13.3. The molecule has 0 saturated carbocycles. The minimum atomic E-state index is -0.551. The van der Waals surface area contributed by atoms with Gasteiger partial charge in [-0.1, -0.05) is 25.1 Å². The Hall–Kier alpha value is -4.46. The normalized spacial score (nSPS) is 12.0. The van der Waals surface area contributed by atoms with E-state index in [1.807, 2.05) is 35.0 Å². The third-order valence-corrected chi connectivity index (χ3v) is 5.47. The minimum Gasteiger partial charge on any atom is -0.404 e. The fourth-order valence-electron chi connectivity index (χ4n) is 3.81. The lowest BCUT2D eigenvalue weighted by Gasteiger charge is -2.14. The maximum atomic E-state index is 11.6. The molecule has 2 heterocycles. The highest BCUT2D eigenvalue weighted by atomic mass is 16.1. The van der Waals surface area contributed by atoms with Crippen LogP contribution in [0, 0.1) is 0 Å². The smallest absolute Gasteiger partial charge is 0.250 e. The predicted octanol–water partition coefficient (Wildman–Crippen LogP) is 3.33. The number of nitrogens with two attached hydrogens (primary N) is 3. The first-order valence-electron chi connectivity index (χ1n) is 10.5. The number of primary amides is 1. The van der Waals surface area contributed by atoms with Crippen molar-refractivity contribution in [2.24, 2.45) is 16.5 Å². The maximum Gasteiger partial charge on any atom is 0.250 e. The highest BCUT2D eigenvalue weighted by Crippen LogP contribution is 2.33. The van der Waals surface area contributed by atoms with Crippen LogP contribution in [0.3, 0.4) is 0 Å². The van der Waals surface area contributed by atoms with E-state index in [1.54, 1.807) is 31.7 Å². The number of carbonyl (C=O) groups is 1. The molecule has 4 aromatic rings. The number of aromatic nitrogens is 3. The van der Waals surface area contributed by atoms with Crippen LogP contribution in [0.5, 0.6) is 0 Å². The van der Waals surface area contributed by atoms with E-state index in [4.69, 9.17) is 22.2 Å². The van der Waals surface area contributed by atoms with Crippen LogP contribution < -0.4 is 17.2 Å². The second kappa shape index (κ2) is 8.96. The van der Waals surface area contributed by atoms with Gasteiger partial charge in [-0.3, -0.25) is 14.8 Å². The first kappa shape index (κ1) is 21.8. The predicted molar refractivity (Wildman–Crippen MR) is 133 cm³/mol. The van der Waals surface area contributed by atoms with Crippen molar-refractivity contribution < 1.29 is 4.79 Å². The number of rotatable bonds is 6. The summed E-state index contributed by atoms with van der Waals surface area (Å²) in [6.07, 6.45) is 7.54. The summed E-state index contributed by atoms with van der Waals surface area (Å²) < 4.78 is 1.92. The molecule has 6 N–H and O–H groups in total. The maximum absolute atomic E-state index is 11.6. The number of nitrogens with zero attached hydrogens (tertiary/aromatic N) is 4. The minimum absolute atomic E-state index is 0.304. The van der Waals surface area contributed by atoms with Gasteiger partial charge in [-0.05, 0) is 41.8 Å². The van der Waals surface area contributed by atoms with Gasteiger partial charge in [-0.25, -0.2) is 4.98 Å². The summed E-state index contributed by atoms with van der Waals surface area (Å²) in [4.78, 5) is 25.0. The summed E-state index contributed by atoms with van der Waals surface area (Å²) in [5.74, 6) is -0.551. The number of hydrogen-bond acceptors (Lipinski definition) is 6. The summed E-state index contributed by atoms with van der Waals surface area (Å²) in [7, 11) is 1.69. The molecule has 0 spiro atoms. The standard InChI is InChI=1S/C25H25N7O/c1-3-17-10-20(15-7-8-19(25(28)33)21(27)9-15)18-5-4-6-23(24(18)31-17)32-13-22(30-14-32)16(11-26)12-29-2/h4-14H,3,26-27H2,1-2H3,(H2,28,33). The number of imidazole rings is 1. The van der Waals surface area contributed by atoms with Crippen molar-refractivity contribution in [1.82, 2.24) is 14.5 Å². The van der Waals surface area contributed by atoms with Gasteiger partial charge in [0.15, 0.2) is 0 Å². The molecule has 0 fully saturated rings. The van der Waals surface area contributed by atoms with Crippen molar-refractivity contribution in [2.45, 2.75) is 13.3 Å². The summed E-state index contributed by atoms with van der Waals surface area (Å²) in [6.45, 7) is 2.06. The van der Waals surface area contributed by atoms with Crippen molar-refractivity contribution >= 4 is 34.3 Å². The number of fused-ring (bicyclic) bond motifs is 1. The lowest BCUT2D eigenvalue weighted by Crippen LogP contribution is -2.13.